The van der Waals surface area contributed by atoms with Crippen LogP contribution in [0.4, 0.5) is 9.59 Å². The molecule has 0 aliphatic heterocycles. The molecule has 0 aliphatic carbocycles. The summed E-state index contributed by atoms with van der Waals surface area (Å²) in [5.41, 5.74) is 2.67. The first-order valence-electron chi connectivity index (χ1n) is 7.20. The van der Waals surface area contributed by atoms with E-state index in [0.717, 1.165) is 30.7 Å². The van der Waals surface area contributed by atoms with Crippen molar-refractivity contribution in [2.75, 3.05) is 26.4 Å². The highest BCUT2D eigenvalue weighted by molar-refractivity contribution is 5.74. The predicted octanol–water partition coefficient (Wildman–Crippen LogP) is 2.21. The van der Waals surface area contributed by atoms with E-state index in [1.807, 2.05) is 13.8 Å². The summed E-state index contributed by atoms with van der Waals surface area (Å²) >= 11 is 0. The van der Waals surface area contributed by atoms with Crippen LogP contribution in [0, 0.1) is 0 Å². The Balaban J connectivity index is 4.39. The molecule has 0 aliphatic rings. The lowest BCUT2D eigenvalue weighted by atomic mass is 10.3. The molecule has 122 valence electrons. The second-order valence-corrected chi connectivity index (χ2v) is 4.56. The van der Waals surface area contributed by atoms with Crippen molar-refractivity contribution in [3.63, 3.8) is 0 Å². The standard InChI is InChI=1S/C14H26N2O5/c1-4-6-8-20-13(18)15-16(10-12(3)11-17)14(19)21-9-7-5-2/h17H,3-11H2,1-2H3,(H,15,18). The SMILES string of the molecule is C=C(CO)CN(NC(=O)OCCCC)C(=O)OCCCC. The number of nitrogens with zero attached hydrogens (tertiary/aromatic N) is 1. The highest BCUT2D eigenvalue weighted by Gasteiger charge is 2.19. The number of aliphatic hydroxyl groups excluding tert-OH is 1. The highest BCUT2D eigenvalue weighted by Crippen LogP contribution is 2.00. The number of hydrazine groups is 1. The molecule has 0 unspecified atom stereocenters. The Hall–Kier alpha value is -1.76. The average Bonchev–Trinajstić information content (AvgIpc) is 2.46. The third-order valence-corrected chi connectivity index (χ3v) is 2.51. The molecule has 21 heavy (non-hydrogen) atoms. The molecule has 2 amide bonds. The fraction of sp³-hybridized carbons (Fsp3) is 0.714. The van der Waals surface area contributed by atoms with Crippen LogP contribution in [0.5, 0.6) is 0 Å². The topological polar surface area (TPSA) is 88.1 Å². The van der Waals surface area contributed by atoms with Gasteiger partial charge < -0.3 is 14.6 Å². The zero-order chi connectivity index (χ0) is 16.1. The van der Waals surface area contributed by atoms with E-state index in [4.69, 9.17) is 14.6 Å². The number of amides is 2. The van der Waals surface area contributed by atoms with Crippen LogP contribution in [0.2, 0.25) is 0 Å². The van der Waals surface area contributed by atoms with Gasteiger partial charge in [-0.05, 0) is 18.4 Å². The van der Waals surface area contributed by atoms with E-state index in [-0.39, 0.29) is 26.4 Å². The van der Waals surface area contributed by atoms with Gasteiger partial charge in [0.25, 0.3) is 0 Å². The van der Waals surface area contributed by atoms with E-state index in [1.165, 1.54) is 0 Å². The Labute approximate surface area is 125 Å². The number of aliphatic hydroxyl groups is 1. The van der Waals surface area contributed by atoms with Crippen LogP contribution in [-0.2, 0) is 9.47 Å². The number of hydrogen-bond acceptors (Lipinski definition) is 5. The van der Waals surface area contributed by atoms with Crippen molar-refractivity contribution in [3.8, 4) is 0 Å². The van der Waals surface area contributed by atoms with Crippen LogP contribution < -0.4 is 5.43 Å². The molecule has 0 heterocycles. The minimum atomic E-state index is -0.735. The first-order valence-corrected chi connectivity index (χ1v) is 7.20. The second kappa shape index (κ2) is 12.0. The lowest BCUT2D eigenvalue weighted by molar-refractivity contribution is 0.0717. The van der Waals surface area contributed by atoms with Crippen molar-refractivity contribution in [1.29, 1.82) is 0 Å². The fourth-order valence-electron chi connectivity index (χ4n) is 1.26. The largest absolute Gasteiger partial charge is 0.448 e. The van der Waals surface area contributed by atoms with Crippen molar-refractivity contribution in [3.05, 3.63) is 12.2 Å². The predicted molar refractivity (Wildman–Crippen MR) is 78.6 cm³/mol. The molecule has 0 saturated heterocycles. The normalized spacial score (nSPS) is 9.86. The number of unbranched alkanes of at least 4 members (excludes halogenated alkanes) is 2. The average molecular weight is 302 g/mol. The Morgan fingerprint density at radius 1 is 1.14 bits per heavy atom. The van der Waals surface area contributed by atoms with E-state index < -0.39 is 12.2 Å². The Kier molecular flexibility index (Phi) is 11.0. The summed E-state index contributed by atoms with van der Waals surface area (Å²) in [6, 6.07) is 0. The Bertz CT molecular complexity index is 333. The van der Waals surface area contributed by atoms with Gasteiger partial charge in [0.2, 0.25) is 0 Å². The van der Waals surface area contributed by atoms with Crippen molar-refractivity contribution < 1.29 is 24.2 Å². The van der Waals surface area contributed by atoms with Crippen molar-refractivity contribution in [2.24, 2.45) is 0 Å². The van der Waals surface area contributed by atoms with Crippen LogP contribution in [0.15, 0.2) is 12.2 Å². The summed E-state index contributed by atoms with van der Waals surface area (Å²) in [6.07, 6.45) is 1.84. The number of ether oxygens (including phenoxy) is 2. The van der Waals surface area contributed by atoms with Crippen molar-refractivity contribution in [1.82, 2.24) is 10.4 Å². The number of carbonyl (C=O) groups excluding carboxylic acids is 2. The quantitative estimate of drug-likeness (QED) is 0.387. The van der Waals surface area contributed by atoms with Crippen LogP contribution in [-0.4, -0.2) is 48.7 Å². The highest BCUT2D eigenvalue weighted by atomic mass is 16.6. The zero-order valence-corrected chi connectivity index (χ0v) is 12.9. The molecule has 0 saturated carbocycles. The summed E-state index contributed by atoms with van der Waals surface area (Å²) in [4.78, 5) is 23.4. The maximum absolute atomic E-state index is 11.8. The van der Waals surface area contributed by atoms with E-state index >= 15 is 0 Å². The number of carbonyl (C=O) groups is 2. The zero-order valence-electron chi connectivity index (χ0n) is 12.9. The smallest absolute Gasteiger partial charge is 0.429 e. The van der Waals surface area contributed by atoms with Crippen LogP contribution in [0.1, 0.15) is 39.5 Å². The first kappa shape index (κ1) is 19.2. The molecule has 0 radical (unpaired) electrons. The minimum absolute atomic E-state index is 0.0374. The van der Waals surface area contributed by atoms with Gasteiger partial charge in [-0.25, -0.2) is 20.0 Å². The Morgan fingerprint density at radius 2 is 1.71 bits per heavy atom. The van der Waals surface area contributed by atoms with Crippen molar-refractivity contribution >= 4 is 12.2 Å². The van der Waals surface area contributed by atoms with Gasteiger partial charge in [-0.1, -0.05) is 33.3 Å². The van der Waals surface area contributed by atoms with Gasteiger partial charge in [0.15, 0.2) is 0 Å². The molecule has 2 N–H and O–H groups in total. The summed E-state index contributed by atoms with van der Waals surface area (Å²) in [6.45, 7) is 7.76. The third kappa shape index (κ3) is 9.73. The van der Waals surface area contributed by atoms with Gasteiger partial charge in [-0.2, -0.15) is 0 Å². The maximum Gasteiger partial charge on any atom is 0.429 e. The third-order valence-electron chi connectivity index (χ3n) is 2.51. The summed E-state index contributed by atoms with van der Waals surface area (Å²) in [5, 5.41) is 9.91. The van der Waals surface area contributed by atoms with Gasteiger partial charge >= 0.3 is 12.2 Å². The molecule has 0 bridgehead atoms. The van der Waals surface area contributed by atoms with E-state index in [1.54, 1.807) is 0 Å². The minimum Gasteiger partial charge on any atom is -0.448 e. The van der Waals surface area contributed by atoms with E-state index in [9.17, 15) is 9.59 Å². The molecule has 0 atom stereocenters. The molecule has 0 aromatic rings. The molecule has 0 fully saturated rings. The summed E-state index contributed by atoms with van der Waals surface area (Å²) < 4.78 is 9.92. The maximum atomic E-state index is 11.8. The van der Waals surface area contributed by atoms with Crippen LogP contribution >= 0.6 is 0 Å². The molecule has 7 nitrogen and oxygen atoms in total. The molecule has 7 heteroatoms. The number of hydrogen-bond donors (Lipinski definition) is 2. The summed E-state index contributed by atoms with van der Waals surface area (Å²) in [5.74, 6) is 0. The molecular formula is C14H26N2O5. The van der Waals surface area contributed by atoms with E-state index in [0.29, 0.717) is 5.57 Å². The van der Waals surface area contributed by atoms with Gasteiger partial charge in [0.05, 0.1) is 26.4 Å². The van der Waals surface area contributed by atoms with Gasteiger partial charge in [-0.3, -0.25) is 0 Å². The van der Waals surface area contributed by atoms with Gasteiger partial charge in [0.1, 0.15) is 0 Å². The lowest BCUT2D eigenvalue weighted by Gasteiger charge is -2.22. The van der Waals surface area contributed by atoms with Gasteiger partial charge in [-0.15, -0.1) is 0 Å². The molecule has 0 aromatic heterocycles. The fourth-order valence-corrected chi connectivity index (χ4v) is 1.26. The lowest BCUT2D eigenvalue weighted by Crippen LogP contribution is -2.47. The second-order valence-electron chi connectivity index (χ2n) is 4.56. The van der Waals surface area contributed by atoms with Crippen molar-refractivity contribution in [2.45, 2.75) is 39.5 Å². The number of rotatable bonds is 9. The first-order chi connectivity index (χ1) is 10.0. The van der Waals surface area contributed by atoms with Gasteiger partial charge in [0, 0.05) is 0 Å². The molecule has 0 aromatic carbocycles. The molecule has 0 spiro atoms. The van der Waals surface area contributed by atoms with E-state index in [2.05, 4.69) is 12.0 Å². The Morgan fingerprint density at radius 3 is 2.24 bits per heavy atom. The van der Waals surface area contributed by atoms with Crippen LogP contribution in [0.25, 0.3) is 0 Å². The molecule has 0 rings (SSSR count). The summed E-state index contributed by atoms with van der Waals surface area (Å²) in [7, 11) is 0. The monoisotopic (exact) mass is 302 g/mol. The van der Waals surface area contributed by atoms with Crippen LogP contribution in [0.3, 0.4) is 0 Å². The molecular weight excluding hydrogens is 276 g/mol. The number of nitrogens with one attached hydrogen (secondary N) is 1.